The second kappa shape index (κ2) is 9.84. The molecule has 0 saturated heterocycles. The van der Waals surface area contributed by atoms with Gasteiger partial charge in [0.05, 0.1) is 18.8 Å². The molecule has 1 aromatic carbocycles. The van der Waals surface area contributed by atoms with Crippen LogP contribution in [0.3, 0.4) is 0 Å². The Balaban J connectivity index is 1.77. The number of nitrogens with two attached hydrogens (primary N) is 1. The highest BCUT2D eigenvalue weighted by molar-refractivity contribution is 5.78. The van der Waals surface area contributed by atoms with E-state index in [9.17, 15) is 23.1 Å². The molecule has 5 N–H and O–H groups in total. The van der Waals surface area contributed by atoms with Crippen molar-refractivity contribution < 1.29 is 23.1 Å². The van der Waals surface area contributed by atoms with E-state index in [4.69, 9.17) is 5.73 Å². The van der Waals surface area contributed by atoms with Gasteiger partial charge in [0.15, 0.2) is 17.3 Å². The van der Waals surface area contributed by atoms with Crippen molar-refractivity contribution in [3.8, 4) is 0 Å². The number of nitrogens with zero attached hydrogens (tertiary/aromatic N) is 4. The van der Waals surface area contributed by atoms with Crippen molar-refractivity contribution in [3.05, 3.63) is 35.8 Å². The van der Waals surface area contributed by atoms with Gasteiger partial charge in [-0.05, 0) is 44.2 Å². The molecule has 1 fully saturated rings. The van der Waals surface area contributed by atoms with Crippen molar-refractivity contribution in [2.45, 2.75) is 51.1 Å². The van der Waals surface area contributed by atoms with Gasteiger partial charge in [-0.15, -0.1) is 0 Å². The Kier molecular flexibility index (Phi) is 6.87. The first-order valence-corrected chi connectivity index (χ1v) is 11.1. The van der Waals surface area contributed by atoms with Crippen LogP contribution in [0.5, 0.6) is 0 Å². The molecular formula is C22H26F3N7O2. The number of anilines is 3. The summed E-state index contributed by atoms with van der Waals surface area (Å²) in [4.78, 5) is 24.8. The summed E-state index contributed by atoms with van der Waals surface area (Å²) in [7, 11) is 0. The molecule has 182 valence electrons. The van der Waals surface area contributed by atoms with Crippen molar-refractivity contribution in [3.63, 3.8) is 0 Å². The average Bonchev–Trinajstić information content (AvgIpc) is 3.20. The van der Waals surface area contributed by atoms with Crippen LogP contribution in [-0.4, -0.2) is 43.2 Å². The summed E-state index contributed by atoms with van der Waals surface area (Å²) >= 11 is 0. The van der Waals surface area contributed by atoms with Crippen LogP contribution in [0.2, 0.25) is 0 Å². The number of amides is 1. The molecule has 0 radical (unpaired) electrons. The highest BCUT2D eigenvalue weighted by atomic mass is 19.2. The number of aliphatic hydroxyl groups excluding tert-OH is 1. The number of fused-ring (bicyclic) bond motifs is 1. The molecular weight excluding hydrogens is 451 g/mol. The Labute approximate surface area is 193 Å². The molecule has 0 bridgehead atoms. The second-order valence-electron chi connectivity index (χ2n) is 8.39. The molecule has 34 heavy (non-hydrogen) atoms. The van der Waals surface area contributed by atoms with E-state index in [1.54, 1.807) is 4.57 Å². The first kappa shape index (κ1) is 23.7. The van der Waals surface area contributed by atoms with Gasteiger partial charge in [0.25, 0.3) is 0 Å². The molecule has 1 aliphatic carbocycles. The SMILES string of the molecule is CCC(CO)Nc1ncc2nc(Nc3c(F)ccc(F)c3F)n(C3CCC(C(N)=O)CC3)c2n1. The third-order valence-corrected chi connectivity index (χ3v) is 6.22. The summed E-state index contributed by atoms with van der Waals surface area (Å²) in [5, 5.41) is 15.1. The number of carbonyl (C=O) groups excluding carboxylic acids is 1. The van der Waals surface area contributed by atoms with Crippen LogP contribution in [-0.2, 0) is 4.79 Å². The summed E-state index contributed by atoms with van der Waals surface area (Å²) in [5.41, 5.74) is 5.55. The lowest BCUT2D eigenvalue weighted by molar-refractivity contribution is -0.122. The van der Waals surface area contributed by atoms with Crippen molar-refractivity contribution in [1.29, 1.82) is 0 Å². The lowest BCUT2D eigenvalue weighted by atomic mass is 9.85. The Morgan fingerprint density at radius 2 is 1.91 bits per heavy atom. The van der Waals surface area contributed by atoms with Gasteiger partial charge in [0, 0.05) is 12.0 Å². The minimum Gasteiger partial charge on any atom is -0.394 e. The van der Waals surface area contributed by atoms with Crippen LogP contribution in [0, 0.1) is 23.4 Å². The maximum Gasteiger partial charge on any atom is 0.225 e. The van der Waals surface area contributed by atoms with Crippen LogP contribution >= 0.6 is 0 Å². The Morgan fingerprint density at radius 1 is 1.21 bits per heavy atom. The molecule has 3 aromatic rings. The lowest BCUT2D eigenvalue weighted by Crippen LogP contribution is -2.29. The third kappa shape index (κ3) is 4.63. The number of aliphatic hydroxyl groups is 1. The van der Waals surface area contributed by atoms with Gasteiger partial charge < -0.3 is 21.5 Å². The maximum atomic E-state index is 14.4. The van der Waals surface area contributed by atoms with E-state index >= 15 is 0 Å². The monoisotopic (exact) mass is 477 g/mol. The third-order valence-electron chi connectivity index (χ3n) is 6.22. The number of hydrogen-bond acceptors (Lipinski definition) is 7. The van der Waals surface area contributed by atoms with E-state index in [2.05, 4.69) is 25.6 Å². The van der Waals surface area contributed by atoms with Gasteiger partial charge >= 0.3 is 0 Å². The van der Waals surface area contributed by atoms with Crippen LogP contribution < -0.4 is 16.4 Å². The highest BCUT2D eigenvalue weighted by Gasteiger charge is 2.30. The molecule has 2 heterocycles. The number of imidazole rings is 1. The Hall–Kier alpha value is -3.41. The van der Waals surface area contributed by atoms with E-state index in [0.717, 1.165) is 6.07 Å². The second-order valence-corrected chi connectivity index (χ2v) is 8.39. The quantitative estimate of drug-likeness (QED) is 0.366. The zero-order valence-electron chi connectivity index (χ0n) is 18.6. The van der Waals surface area contributed by atoms with Crippen molar-refractivity contribution >= 4 is 34.7 Å². The average molecular weight is 477 g/mol. The van der Waals surface area contributed by atoms with Crippen LogP contribution in [0.15, 0.2) is 18.3 Å². The maximum absolute atomic E-state index is 14.4. The van der Waals surface area contributed by atoms with Crippen LogP contribution in [0.4, 0.5) is 30.8 Å². The first-order chi connectivity index (χ1) is 16.3. The van der Waals surface area contributed by atoms with E-state index < -0.39 is 23.1 Å². The molecule has 1 amide bonds. The molecule has 1 aliphatic rings. The van der Waals surface area contributed by atoms with Gasteiger partial charge in [-0.2, -0.15) is 4.98 Å². The van der Waals surface area contributed by atoms with E-state index in [0.29, 0.717) is 49.3 Å². The highest BCUT2D eigenvalue weighted by Crippen LogP contribution is 2.37. The molecule has 2 aromatic heterocycles. The number of rotatable bonds is 8. The molecule has 1 unspecified atom stereocenters. The van der Waals surface area contributed by atoms with Gasteiger partial charge in [0.2, 0.25) is 17.8 Å². The van der Waals surface area contributed by atoms with E-state index in [-0.39, 0.29) is 42.4 Å². The number of primary amides is 1. The predicted molar refractivity (Wildman–Crippen MR) is 120 cm³/mol. The number of hydrogen-bond donors (Lipinski definition) is 4. The minimum atomic E-state index is -1.36. The number of halogens is 3. The fraction of sp³-hybridized carbons (Fsp3) is 0.455. The van der Waals surface area contributed by atoms with E-state index in [1.165, 1.54) is 6.20 Å². The zero-order valence-corrected chi connectivity index (χ0v) is 18.6. The predicted octanol–water partition coefficient (Wildman–Crippen LogP) is 3.39. The lowest BCUT2D eigenvalue weighted by Gasteiger charge is -2.29. The van der Waals surface area contributed by atoms with Gasteiger partial charge in [-0.25, -0.2) is 23.1 Å². The molecule has 0 aliphatic heterocycles. The Morgan fingerprint density at radius 3 is 2.56 bits per heavy atom. The Bertz CT molecular complexity index is 1190. The van der Waals surface area contributed by atoms with Crippen LogP contribution in [0.25, 0.3) is 11.2 Å². The number of carbonyl (C=O) groups is 1. The molecule has 4 rings (SSSR count). The van der Waals surface area contributed by atoms with Crippen molar-refractivity contribution in [2.75, 3.05) is 17.2 Å². The fourth-order valence-corrected chi connectivity index (χ4v) is 4.23. The number of benzene rings is 1. The van der Waals surface area contributed by atoms with Gasteiger partial charge in [0.1, 0.15) is 17.0 Å². The molecule has 1 atom stereocenters. The summed E-state index contributed by atoms with van der Waals surface area (Å²) in [5.74, 6) is -3.82. The molecule has 12 heteroatoms. The zero-order chi connectivity index (χ0) is 24.4. The molecule has 1 saturated carbocycles. The topological polar surface area (TPSA) is 131 Å². The normalized spacial score (nSPS) is 19.2. The smallest absolute Gasteiger partial charge is 0.225 e. The van der Waals surface area contributed by atoms with Crippen LogP contribution in [0.1, 0.15) is 45.1 Å². The van der Waals surface area contributed by atoms with E-state index in [1.807, 2.05) is 6.92 Å². The molecule has 0 spiro atoms. The summed E-state index contributed by atoms with van der Waals surface area (Å²) in [6.45, 7) is 1.79. The number of nitrogens with one attached hydrogen (secondary N) is 2. The summed E-state index contributed by atoms with van der Waals surface area (Å²) in [6, 6.07) is 1.07. The minimum absolute atomic E-state index is 0.0709. The fourth-order valence-electron chi connectivity index (χ4n) is 4.23. The summed E-state index contributed by atoms with van der Waals surface area (Å²) < 4.78 is 44.2. The first-order valence-electron chi connectivity index (χ1n) is 11.1. The summed E-state index contributed by atoms with van der Waals surface area (Å²) in [6.07, 6.45) is 4.30. The van der Waals surface area contributed by atoms with Crippen molar-refractivity contribution in [2.24, 2.45) is 11.7 Å². The molecule has 9 nitrogen and oxygen atoms in total. The largest absolute Gasteiger partial charge is 0.394 e. The number of aromatic nitrogens is 4. The van der Waals surface area contributed by atoms with Gasteiger partial charge in [-0.1, -0.05) is 6.92 Å². The standard InChI is InChI=1S/C22H26F3N7O2/c1-2-12(10-33)28-21-27-9-16-20(31-21)32(13-5-3-11(4-6-13)19(26)34)22(29-16)30-18-15(24)8-7-14(23)17(18)25/h7-9,11-13,33H,2-6,10H2,1H3,(H2,26,34)(H,29,30)(H,27,28,31). The van der Waals surface area contributed by atoms with Gasteiger partial charge in [-0.3, -0.25) is 9.36 Å². The van der Waals surface area contributed by atoms with Crippen molar-refractivity contribution in [1.82, 2.24) is 19.5 Å².